The van der Waals surface area contributed by atoms with Gasteiger partial charge in [0.15, 0.2) is 11.5 Å². The number of carboxylic acid groups (broad SMARTS) is 2. The van der Waals surface area contributed by atoms with Gasteiger partial charge in [0.1, 0.15) is 5.75 Å². The average Bonchev–Trinajstić information content (AvgIpc) is 3.23. The molecule has 1 aliphatic rings. The molecular formula is C28H30N2O6S. The summed E-state index contributed by atoms with van der Waals surface area (Å²) in [6, 6.07) is 16.5. The molecule has 8 nitrogen and oxygen atoms in total. The Balaban J connectivity index is 1.68. The van der Waals surface area contributed by atoms with Crippen LogP contribution in [0.15, 0.2) is 54.6 Å². The molecular weight excluding hydrogens is 492 g/mol. The van der Waals surface area contributed by atoms with Crippen molar-refractivity contribution in [3.63, 3.8) is 0 Å². The number of anilines is 2. The third-order valence-corrected chi connectivity index (χ3v) is 7.79. The van der Waals surface area contributed by atoms with Gasteiger partial charge < -0.3 is 20.3 Å². The summed E-state index contributed by atoms with van der Waals surface area (Å²) in [6.07, 6.45) is 5.68. The zero-order chi connectivity index (χ0) is 26.4. The van der Waals surface area contributed by atoms with Gasteiger partial charge in [0.2, 0.25) is 0 Å². The SMILES string of the molecule is Cc1c(-c2cccc(N(CC3CCCCC3)C(=O)Nc3ccccc3)c2)sc(C(=O)O)c1OCC(=O)O. The number of aromatic carboxylic acids is 1. The van der Waals surface area contributed by atoms with Gasteiger partial charge in [0.25, 0.3) is 0 Å². The minimum absolute atomic E-state index is 0.0555. The van der Waals surface area contributed by atoms with Crippen molar-refractivity contribution in [3.05, 3.63) is 65.0 Å². The van der Waals surface area contributed by atoms with Crippen LogP contribution >= 0.6 is 11.3 Å². The van der Waals surface area contributed by atoms with Crippen LogP contribution < -0.4 is 15.0 Å². The third kappa shape index (κ3) is 6.48. The van der Waals surface area contributed by atoms with Gasteiger partial charge in [0.05, 0.1) is 0 Å². The first-order valence-electron chi connectivity index (χ1n) is 12.3. The van der Waals surface area contributed by atoms with Crippen LogP contribution in [-0.2, 0) is 4.79 Å². The van der Waals surface area contributed by atoms with Crippen molar-refractivity contribution in [3.8, 4) is 16.2 Å². The van der Waals surface area contributed by atoms with Gasteiger partial charge in [-0.3, -0.25) is 4.90 Å². The maximum atomic E-state index is 13.5. The number of carboxylic acids is 2. The van der Waals surface area contributed by atoms with E-state index in [-0.39, 0.29) is 16.7 Å². The molecule has 0 atom stereocenters. The van der Waals surface area contributed by atoms with E-state index in [0.717, 1.165) is 42.6 Å². The Morgan fingerprint density at radius 2 is 1.76 bits per heavy atom. The van der Waals surface area contributed by atoms with Crippen LogP contribution in [0.25, 0.3) is 10.4 Å². The number of amides is 2. The summed E-state index contributed by atoms with van der Waals surface area (Å²) in [7, 11) is 0. The highest BCUT2D eigenvalue weighted by Gasteiger charge is 2.26. The lowest BCUT2D eigenvalue weighted by Gasteiger charge is -2.30. The van der Waals surface area contributed by atoms with Crippen molar-refractivity contribution in [2.45, 2.75) is 39.0 Å². The Labute approximate surface area is 219 Å². The Hall–Kier alpha value is -3.85. The predicted molar refractivity (Wildman–Crippen MR) is 144 cm³/mol. The van der Waals surface area contributed by atoms with Crippen molar-refractivity contribution in [2.75, 3.05) is 23.4 Å². The number of hydrogen-bond acceptors (Lipinski definition) is 5. The summed E-state index contributed by atoms with van der Waals surface area (Å²) in [4.78, 5) is 38.7. The molecule has 1 aromatic heterocycles. The van der Waals surface area contributed by atoms with Gasteiger partial charge in [-0.05, 0) is 55.5 Å². The summed E-state index contributed by atoms with van der Waals surface area (Å²) in [6.45, 7) is 1.66. The molecule has 9 heteroatoms. The average molecular weight is 523 g/mol. The Morgan fingerprint density at radius 1 is 1.03 bits per heavy atom. The first kappa shape index (κ1) is 26.2. The van der Waals surface area contributed by atoms with Gasteiger partial charge >= 0.3 is 18.0 Å². The molecule has 194 valence electrons. The molecule has 1 aliphatic carbocycles. The van der Waals surface area contributed by atoms with Crippen molar-refractivity contribution in [1.82, 2.24) is 0 Å². The number of benzene rings is 2. The number of ether oxygens (including phenoxy) is 1. The first-order chi connectivity index (χ1) is 17.8. The number of hydrogen-bond donors (Lipinski definition) is 3. The molecule has 1 fully saturated rings. The normalized spacial score (nSPS) is 13.6. The lowest BCUT2D eigenvalue weighted by Crippen LogP contribution is -2.39. The maximum Gasteiger partial charge on any atom is 0.349 e. The van der Waals surface area contributed by atoms with Crippen LogP contribution in [0.4, 0.5) is 16.2 Å². The van der Waals surface area contributed by atoms with Crippen molar-refractivity contribution >= 4 is 40.7 Å². The summed E-state index contributed by atoms with van der Waals surface area (Å²) in [5.41, 5.74) is 2.69. The second kappa shape index (κ2) is 11.9. The molecule has 1 heterocycles. The maximum absolute atomic E-state index is 13.5. The topological polar surface area (TPSA) is 116 Å². The Kier molecular flexibility index (Phi) is 8.45. The second-order valence-electron chi connectivity index (χ2n) is 9.16. The number of aliphatic carboxylic acids is 1. The number of thiophene rings is 1. The van der Waals surface area contributed by atoms with E-state index in [1.165, 1.54) is 6.42 Å². The van der Waals surface area contributed by atoms with E-state index in [2.05, 4.69) is 5.32 Å². The van der Waals surface area contributed by atoms with E-state index in [0.29, 0.717) is 34.3 Å². The van der Waals surface area contributed by atoms with Gasteiger partial charge in [-0.1, -0.05) is 49.6 Å². The number of carbonyl (C=O) groups is 3. The minimum Gasteiger partial charge on any atom is -0.480 e. The van der Waals surface area contributed by atoms with E-state index in [9.17, 15) is 19.5 Å². The van der Waals surface area contributed by atoms with Crippen LogP contribution in [0, 0.1) is 12.8 Å². The second-order valence-corrected chi connectivity index (χ2v) is 10.2. The summed E-state index contributed by atoms with van der Waals surface area (Å²) in [5, 5.41) is 21.7. The van der Waals surface area contributed by atoms with Gasteiger partial charge in [0, 0.05) is 28.4 Å². The smallest absolute Gasteiger partial charge is 0.349 e. The van der Waals surface area contributed by atoms with Crippen molar-refractivity contribution in [2.24, 2.45) is 5.92 Å². The first-order valence-corrected chi connectivity index (χ1v) is 13.1. The lowest BCUT2D eigenvalue weighted by molar-refractivity contribution is -0.139. The molecule has 37 heavy (non-hydrogen) atoms. The van der Waals surface area contributed by atoms with Crippen molar-refractivity contribution in [1.29, 1.82) is 0 Å². The van der Waals surface area contributed by atoms with Gasteiger partial charge in [-0.15, -0.1) is 11.3 Å². The van der Waals surface area contributed by atoms with E-state index in [1.807, 2.05) is 54.6 Å². The van der Waals surface area contributed by atoms with Crippen LogP contribution in [0.3, 0.4) is 0 Å². The molecule has 1 saturated carbocycles. The highest BCUT2D eigenvalue weighted by atomic mass is 32.1. The van der Waals surface area contributed by atoms with E-state index >= 15 is 0 Å². The lowest BCUT2D eigenvalue weighted by atomic mass is 9.89. The highest BCUT2D eigenvalue weighted by Crippen LogP contribution is 2.42. The molecule has 0 radical (unpaired) electrons. The molecule has 0 unspecified atom stereocenters. The molecule has 2 aromatic carbocycles. The van der Waals surface area contributed by atoms with E-state index < -0.39 is 18.5 Å². The highest BCUT2D eigenvalue weighted by molar-refractivity contribution is 7.18. The number of carbonyl (C=O) groups excluding carboxylic acids is 1. The fraction of sp³-hybridized carbons (Fsp3) is 0.321. The number of nitrogens with zero attached hydrogens (tertiary/aromatic N) is 1. The fourth-order valence-corrected chi connectivity index (χ4v) is 5.77. The van der Waals surface area contributed by atoms with Gasteiger partial charge in [-0.25, -0.2) is 14.4 Å². The monoisotopic (exact) mass is 522 g/mol. The Bertz CT molecular complexity index is 1270. The van der Waals surface area contributed by atoms with Crippen molar-refractivity contribution < 1.29 is 29.3 Å². The molecule has 0 saturated heterocycles. The zero-order valence-corrected chi connectivity index (χ0v) is 21.4. The minimum atomic E-state index is -1.19. The summed E-state index contributed by atoms with van der Waals surface area (Å²) >= 11 is 1.03. The Morgan fingerprint density at radius 3 is 2.43 bits per heavy atom. The predicted octanol–water partition coefficient (Wildman–Crippen LogP) is 6.50. The van der Waals surface area contributed by atoms with Crippen LogP contribution in [0.1, 0.15) is 47.3 Å². The quantitative estimate of drug-likeness (QED) is 0.295. The van der Waals surface area contributed by atoms with Crippen LogP contribution in [-0.4, -0.2) is 41.3 Å². The number of para-hydroxylation sites is 1. The zero-order valence-electron chi connectivity index (χ0n) is 20.6. The van der Waals surface area contributed by atoms with Gasteiger partial charge in [-0.2, -0.15) is 0 Å². The third-order valence-electron chi connectivity index (χ3n) is 6.48. The van der Waals surface area contributed by atoms with Crippen LogP contribution in [0.2, 0.25) is 0 Å². The molecule has 0 bridgehead atoms. The summed E-state index contributed by atoms with van der Waals surface area (Å²) < 4.78 is 5.33. The number of nitrogens with one attached hydrogen (secondary N) is 1. The largest absolute Gasteiger partial charge is 0.480 e. The fourth-order valence-electron chi connectivity index (χ4n) is 4.68. The molecule has 3 N–H and O–H groups in total. The standard InChI is InChI=1S/C28H30N2O6S/c1-18-24(36-17-23(31)32)26(27(33)34)37-25(18)20-11-8-14-22(15-20)30(16-19-9-4-2-5-10-19)28(35)29-21-12-6-3-7-13-21/h3,6-8,11-15,19H,2,4-5,9-10,16-17H2,1H3,(H,29,35)(H,31,32)(H,33,34). The summed E-state index contributed by atoms with van der Waals surface area (Å²) in [5.74, 6) is -1.91. The molecule has 0 spiro atoms. The molecule has 3 aromatic rings. The molecule has 0 aliphatic heterocycles. The van der Waals surface area contributed by atoms with Crippen LogP contribution in [0.5, 0.6) is 5.75 Å². The van der Waals surface area contributed by atoms with E-state index in [1.54, 1.807) is 11.8 Å². The number of rotatable bonds is 9. The molecule has 4 rings (SSSR count). The molecule has 2 amide bonds. The van der Waals surface area contributed by atoms with E-state index in [4.69, 9.17) is 9.84 Å². The number of urea groups is 1.